The average Bonchev–Trinajstić information content (AvgIpc) is 2.31. The maximum Gasteiger partial charge on any atom is 0.326 e. The molecule has 0 aliphatic heterocycles. The molecule has 0 aromatic heterocycles. The minimum absolute atomic E-state index is 0.0289. The third kappa shape index (κ3) is 4.06. The Labute approximate surface area is 108 Å². The molecule has 1 atom stereocenters. The van der Waals surface area contributed by atoms with Crippen molar-refractivity contribution in [3.63, 3.8) is 0 Å². The molecule has 4 N–H and O–H groups in total. The van der Waals surface area contributed by atoms with E-state index in [0.717, 1.165) is 6.07 Å². The van der Waals surface area contributed by atoms with E-state index in [1.807, 2.05) is 0 Å². The average molecular weight is 268 g/mol. The van der Waals surface area contributed by atoms with Crippen LogP contribution in [0.1, 0.15) is 22.3 Å². The second-order valence-electron chi connectivity index (χ2n) is 4.00. The number of amides is 2. The minimum Gasteiger partial charge on any atom is -0.480 e. The van der Waals surface area contributed by atoms with Gasteiger partial charge < -0.3 is 16.2 Å². The monoisotopic (exact) mass is 268 g/mol. The van der Waals surface area contributed by atoms with Crippen LogP contribution in [0.5, 0.6) is 0 Å². The zero-order valence-electron chi connectivity index (χ0n) is 10.1. The SMILES string of the molecule is Cc1ccc(C(=O)N[C@@H](CC(N)=O)C(=O)O)cc1F. The highest BCUT2D eigenvalue weighted by Crippen LogP contribution is 2.09. The number of carbonyl (C=O) groups excluding carboxylic acids is 2. The lowest BCUT2D eigenvalue weighted by Crippen LogP contribution is -2.43. The molecule has 19 heavy (non-hydrogen) atoms. The van der Waals surface area contributed by atoms with Gasteiger partial charge in [-0.05, 0) is 24.6 Å². The largest absolute Gasteiger partial charge is 0.480 e. The van der Waals surface area contributed by atoms with Crippen molar-refractivity contribution in [2.75, 3.05) is 0 Å². The predicted molar refractivity (Wildman–Crippen MR) is 63.8 cm³/mol. The first kappa shape index (κ1) is 14.6. The molecule has 0 heterocycles. The van der Waals surface area contributed by atoms with Crippen molar-refractivity contribution in [2.45, 2.75) is 19.4 Å². The van der Waals surface area contributed by atoms with E-state index >= 15 is 0 Å². The van der Waals surface area contributed by atoms with Gasteiger partial charge in [0.25, 0.3) is 5.91 Å². The number of primary amides is 1. The van der Waals surface area contributed by atoms with Gasteiger partial charge in [0.15, 0.2) is 0 Å². The van der Waals surface area contributed by atoms with Crippen LogP contribution in [0, 0.1) is 12.7 Å². The standard InChI is InChI=1S/C12H13FN2O4/c1-6-2-3-7(4-8(6)13)11(17)15-9(12(18)19)5-10(14)16/h2-4,9H,5H2,1H3,(H2,14,16)(H,15,17)(H,18,19)/t9-/m0/s1. The molecule has 2 amide bonds. The summed E-state index contributed by atoms with van der Waals surface area (Å²) in [5.41, 5.74) is 5.21. The molecule has 1 aromatic rings. The first-order valence-corrected chi connectivity index (χ1v) is 5.39. The second kappa shape index (κ2) is 5.94. The van der Waals surface area contributed by atoms with Crippen LogP contribution >= 0.6 is 0 Å². The number of aryl methyl sites for hydroxylation is 1. The number of carbonyl (C=O) groups is 3. The summed E-state index contributed by atoms with van der Waals surface area (Å²) in [6.45, 7) is 1.53. The van der Waals surface area contributed by atoms with Gasteiger partial charge in [-0.2, -0.15) is 0 Å². The van der Waals surface area contributed by atoms with Crippen LogP contribution in [-0.2, 0) is 9.59 Å². The zero-order chi connectivity index (χ0) is 14.6. The zero-order valence-corrected chi connectivity index (χ0v) is 10.1. The fourth-order valence-electron chi connectivity index (χ4n) is 1.38. The predicted octanol–water partition coefficient (Wildman–Crippen LogP) is 0.193. The number of aliphatic carboxylic acids is 1. The number of carboxylic acid groups (broad SMARTS) is 1. The number of rotatable bonds is 5. The molecule has 0 radical (unpaired) electrons. The van der Waals surface area contributed by atoms with E-state index in [1.54, 1.807) is 0 Å². The Morgan fingerprint density at radius 1 is 1.42 bits per heavy atom. The number of benzene rings is 1. The summed E-state index contributed by atoms with van der Waals surface area (Å²) in [6.07, 6.45) is -0.532. The van der Waals surface area contributed by atoms with E-state index in [0.29, 0.717) is 5.56 Å². The van der Waals surface area contributed by atoms with Crippen LogP contribution in [0.4, 0.5) is 4.39 Å². The lowest BCUT2D eigenvalue weighted by molar-refractivity contribution is -0.140. The highest BCUT2D eigenvalue weighted by Gasteiger charge is 2.22. The van der Waals surface area contributed by atoms with Crippen LogP contribution in [-0.4, -0.2) is 28.9 Å². The van der Waals surface area contributed by atoms with Crippen LogP contribution in [0.2, 0.25) is 0 Å². The van der Waals surface area contributed by atoms with Crippen molar-refractivity contribution in [3.05, 3.63) is 35.1 Å². The highest BCUT2D eigenvalue weighted by atomic mass is 19.1. The van der Waals surface area contributed by atoms with Crippen molar-refractivity contribution in [3.8, 4) is 0 Å². The van der Waals surface area contributed by atoms with Crippen molar-refractivity contribution < 1.29 is 23.9 Å². The summed E-state index contributed by atoms with van der Waals surface area (Å²) >= 11 is 0. The summed E-state index contributed by atoms with van der Waals surface area (Å²) in [5.74, 6) is -3.61. The van der Waals surface area contributed by atoms with Gasteiger partial charge in [0.1, 0.15) is 11.9 Å². The Morgan fingerprint density at radius 2 is 2.05 bits per heavy atom. The van der Waals surface area contributed by atoms with Crippen molar-refractivity contribution in [1.82, 2.24) is 5.32 Å². The molecule has 0 bridgehead atoms. The summed E-state index contributed by atoms with van der Waals surface area (Å²) in [4.78, 5) is 33.2. The third-order valence-electron chi connectivity index (χ3n) is 2.44. The summed E-state index contributed by atoms with van der Waals surface area (Å²) in [7, 11) is 0. The fraction of sp³-hybridized carbons (Fsp3) is 0.250. The smallest absolute Gasteiger partial charge is 0.326 e. The molecule has 0 fully saturated rings. The molecule has 0 saturated carbocycles. The van der Waals surface area contributed by atoms with Gasteiger partial charge >= 0.3 is 5.97 Å². The summed E-state index contributed by atoms with van der Waals surface area (Å²) in [5, 5.41) is 10.9. The normalized spacial score (nSPS) is 11.7. The molecular weight excluding hydrogens is 255 g/mol. The van der Waals surface area contributed by atoms with Crippen LogP contribution in [0.15, 0.2) is 18.2 Å². The Kier molecular flexibility index (Phi) is 4.57. The summed E-state index contributed by atoms with van der Waals surface area (Å²) < 4.78 is 13.3. The van der Waals surface area contributed by atoms with Gasteiger partial charge in [0.2, 0.25) is 5.91 Å². The number of nitrogens with two attached hydrogens (primary N) is 1. The van der Waals surface area contributed by atoms with E-state index in [-0.39, 0.29) is 5.56 Å². The topological polar surface area (TPSA) is 109 Å². The van der Waals surface area contributed by atoms with Crippen LogP contribution < -0.4 is 11.1 Å². The number of nitrogens with one attached hydrogen (secondary N) is 1. The number of hydrogen-bond acceptors (Lipinski definition) is 3. The first-order chi connectivity index (χ1) is 8.81. The maximum atomic E-state index is 13.3. The number of carboxylic acids is 1. The van der Waals surface area contributed by atoms with Gasteiger partial charge in [-0.3, -0.25) is 9.59 Å². The van der Waals surface area contributed by atoms with E-state index in [2.05, 4.69) is 5.32 Å². The molecule has 0 saturated heterocycles. The van der Waals surface area contributed by atoms with Crippen molar-refractivity contribution >= 4 is 17.8 Å². The molecular formula is C12H13FN2O4. The van der Waals surface area contributed by atoms with Crippen LogP contribution in [0.25, 0.3) is 0 Å². The summed E-state index contributed by atoms with van der Waals surface area (Å²) in [6, 6.07) is 2.31. The van der Waals surface area contributed by atoms with Gasteiger partial charge in [0.05, 0.1) is 6.42 Å². The Bertz CT molecular complexity index is 530. The first-order valence-electron chi connectivity index (χ1n) is 5.39. The van der Waals surface area contributed by atoms with Gasteiger partial charge in [-0.1, -0.05) is 6.07 Å². The molecule has 0 aliphatic carbocycles. The molecule has 6 nitrogen and oxygen atoms in total. The van der Waals surface area contributed by atoms with Crippen molar-refractivity contribution in [1.29, 1.82) is 0 Å². The molecule has 1 aromatic carbocycles. The van der Waals surface area contributed by atoms with E-state index in [9.17, 15) is 18.8 Å². The van der Waals surface area contributed by atoms with Gasteiger partial charge in [0, 0.05) is 5.56 Å². The molecule has 0 unspecified atom stereocenters. The van der Waals surface area contributed by atoms with Gasteiger partial charge in [-0.25, -0.2) is 9.18 Å². The maximum absolute atomic E-state index is 13.3. The second-order valence-corrected chi connectivity index (χ2v) is 4.00. The van der Waals surface area contributed by atoms with E-state index in [4.69, 9.17) is 10.8 Å². The van der Waals surface area contributed by atoms with E-state index < -0.39 is 36.1 Å². The third-order valence-corrected chi connectivity index (χ3v) is 2.44. The van der Waals surface area contributed by atoms with Crippen molar-refractivity contribution in [2.24, 2.45) is 5.73 Å². The molecule has 7 heteroatoms. The van der Waals surface area contributed by atoms with Crippen LogP contribution in [0.3, 0.4) is 0 Å². The lowest BCUT2D eigenvalue weighted by atomic mass is 10.1. The number of hydrogen-bond donors (Lipinski definition) is 3. The minimum atomic E-state index is -1.44. The van der Waals surface area contributed by atoms with Gasteiger partial charge in [-0.15, -0.1) is 0 Å². The molecule has 0 spiro atoms. The highest BCUT2D eigenvalue weighted by molar-refractivity contribution is 5.97. The fourth-order valence-corrected chi connectivity index (χ4v) is 1.38. The quantitative estimate of drug-likeness (QED) is 0.708. The lowest BCUT2D eigenvalue weighted by Gasteiger charge is -2.13. The number of halogens is 1. The Hall–Kier alpha value is -2.44. The van der Waals surface area contributed by atoms with E-state index in [1.165, 1.54) is 19.1 Å². The molecule has 102 valence electrons. The molecule has 1 rings (SSSR count). The Balaban J connectivity index is 2.84. The Morgan fingerprint density at radius 3 is 2.53 bits per heavy atom. The molecule has 0 aliphatic rings.